The van der Waals surface area contributed by atoms with E-state index in [0.29, 0.717) is 11.3 Å². The first kappa shape index (κ1) is 20.3. The highest BCUT2D eigenvalue weighted by Gasteiger charge is 2.17. The van der Waals surface area contributed by atoms with E-state index in [1.807, 2.05) is 60.9 Å². The van der Waals surface area contributed by atoms with Crippen LogP contribution in [0, 0.1) is 0 Å². The van der Waals surface area contributed by atoms with Crippen molar-refractivity contribution in [3.05, 3.63) is 90.8 Å². The molecule has 5 heteroatoms. The summed E-state index contributed by atoms with van der Waals surface area (Å²) in [5.41, 5.74) is 4.34. The van der Waals surface area contributed by atoms with Crippen LogP contribution in [0.25, 0.3) is 22.3 Å². The molecular weight excluding hydrogens is 390 g/mol. The molecule has 4 rings (SSSR count). The number of benzene rings is 3. The van der Waals surface area contributed by atoms with E-state index in [-0.39, 0.29) is 5.91 Å². The molecule has 3 aromatic carbocycles. The lowest BCUT2D eigenvalue weighted by Gasteiger charge is -2.08. The van der Waals surface area contributed by atoms with Crippen LogP contribution in [0.15, 0.2) is 85.2 Å². The van der Waals surface area contributed by atoms with Gasteiger partial charge in [0.25, 0.3) is 5.91 Å². The van der Waals surface area contributed by atoms with Crippen molar-refractivity contribution in [3.63, 3.8) is 0 Å². The van der Waals surface area contributed by atoms with E-state index < -0.39 is 0 Å². The number of carbonyl (C=O) groups is 1. The summed E-state index contributed by atoms with van der Waals surface area (Å²) in [6, 6.07) is 22.7. The molecule has 31 heavy (non-hydrogen) atoms. The zero-order valence-electron chi connectivity index (χ0n) is 17.7. The Bertz CT molecular complexity index is 1140. The molecule has 0 radical (unpaired) electrons. The SMILES string of the molecule is COc1ccc(C(=O)n2cc(-c3cccc(OC)c3)c(-c3cccc(OC)c3)c2)cc1. The van der Waals surface area contributed by atoms with Crippen molar-refractivity contribution in [1.82, 2.24) is 4.57 Å². The van der Waals surface area contributed by atoms with E-state index in [2.05, 4.69) is 0 Å². The molecule has 0 N–H and O–H groups in total. The van der Waals surface area contributed by atoms with Gasteiger partial charge in [-0.2, -0.15) is 0 Å². The van der Waals surface area contributed by atoms with Crippen molar-refractivity contribution in [2.45, 2.75) is 0 Å². The first-order valence-corrected chi connectivity index (χ1v) is 9.82. The van der Waals surface area contributed by atoms with Crippen LogP contribution in [-0.4, -0.2) is 31.8 Å². The summed E-state index contributed by atoms with van der Waals surface area (Å²) in [4.78, 5) is 13.2. The Kier molecular flexibility index (Phi) is 5.76. The second-order valence-electron chi connectivity index (χ2n) is 6.99. The predicted octanol–water partition coefficient (Wildman–Crippen LogP) is 5.54. The summed E-state index contributed by atoms with van der Waals surface area (Å²) in [5, 5.41) is 0. The molecule has 156 valence electrons. The van der Waals surface area contributed by atoms with Crippen molar-refractivity contribution >= 4 is 5.91 Å². The summed E-state index contributed by atoms with van der Waals surface area (Å²) in [5.74, 6) is 2.09. The molecule has 0 spiro atoms. The summed E-state index contributed by atoms with van der Waals surface area (Å²) < 4.78 is 17.6. The van der Waals surface area contributed by atoms with Gasteiger partial charge in [-0.1, -0.05) is 24.3 Å². The molecule has 1 aromatic heterocycles. The normalized spacial score (nSPS) is 10.5. The standard InChI is InChI=1S/C26H23NO4/c1-29-21-12-10-18(11-13-21)26(28)27-16-24(19-6-4-8-22(14-19)30-2)25(17-27)20-7-5-9-23(15-20)31-3/h4-17H,1-3H3. The number of aromatic nitrogens is 1. The quantitative estimate of drug-likeness (QED) is 0.417. The van der Waals surface area contributed by atoms with E-state index in [4.69, 9.17) is 14.2 Å². The van der Waals surface area contributed by atoms with Crippen LogP contribution in [0.4, 0.5) is 0 Å². The van der Waals surface area contributed by atoms with Gasteiger partial charge in [0.05, 0.1) is 21.3 Å². The summed E-state index contributed by atoms with van der Waals surface area (Å²) in [7, 11) is 4.88. The zero-order valence-corrected chi connectivity index (χ0v) is 17.7. The van der Waals surface area contributed by atoms with Gasteiger partial charge in [-0.3, -0.25) is 9.36 Å². The van der Waals surface area contributed by atoms with E-state index in [9.17, 15) is 4.79 Å². The number of hydrogen-bond acceptors (Lipinski definition) is 4. The number of methoxy groups -OCH3 is 3. The molecule has 0 amide bonds. The van der Waals surface area contributed by atoms with Gasteiger partial charge in [-0.15, -0.1) is 0 Å². The fourth-order valence-electron chi connectivity index (χ4n) is 3.50. The lowest BCUT2D eigenvalue weighted by atomic mass is 9.99. The van der Waals surface area contributed by atoms with Crippen LogP contribution in [0.3, 0.4) is 0 Å². The highest BCUT2D eigenvalue weighted by atomic mass is 16.5. The van der Waals surface area contributed by atoms with Gasteiger partial charge in [0.1, 0.15) is 17.2 Å². The van der Waals surface area contributed by atoms with Gasteiger partial charge < -0.3 is 14.2 Å². The molecule has 5 nitrogen and oxygen atoms in total. The molecule has 1 heterocycles. The molecular formula is C26H23NO4. The van der Waals surface area contributed by atoms with E-state index >= 15 is 0 Å². The number of ether oxygens (including phenoxy) is 3. The molecule has 0 aliphatic heterocycles. The Morgan fingerprint density at radius 3 is 1.58 bits per heavy atom. The van der Waals surface area contributed by atoms with Crippen LogP contribution in [0.2, 0.25) is 0 Å². The van der Waals surface area contributed by atoms with Gasteiger partial charge in [0.15, 0.2) is 0 Å². The largest absolute Gasteiger partial charge is 0.497 e. The van der Waals surface area contributed by atoms with Gasteiger partial charge in [0.2, 0.25) is 0 Å². The molecule has 4 aromatic rings. The van der Waals surface area contributed by atoms with Crippen molar-refractivity contribution in [1.29, 1.82) is 0 Å². The monoisotopic (exact) mass is 413 g/mol. The number of rotatable bonds is 6. The van der Waals surface area contributed by atoms with Crippen LogP contribution in [-0.2, 0) is 0 Å². The molecule has 0 saturated heterocycles. The minimum Gasteiger partial charge on any atom is -0.497 e. The highest BCUT2D eigenvalue weighted by Crippen LogP contribution is 2.36. The second kappa shape index (κ2) is 8.79. The van der Waals surface area contributed by atoms with E-state index in [1.54, 1.807) is 50.2 Å². The van der Waals surface area contributed by atoms with E-state index in [0.717, 1.165) is 33.8 Å². The Labute approximate surface area is 181 Å². The van der Waals surface area contributed by atoms with E-state index in [1.165, 1.54) is 0 Å². The maximum atomic E-state index is 13.2. The summed E-state index contributed by atoms with van der Waals surface area (Å²) in [6.07, 6.45) is 3.71. The van der Waals surface area contributed by atoms with Gasteiger partial charge in [0, 0.05) is 29.1 Å². The Morgan fingerprint density at radius 1 is 0.645 bits per heavy atom. The third-order valence-electron chi connectivity index (χ3n) is 5.16. The third-order valence-corrected chi connectivity index (χ3v) is 5.16. The fourth-order valence-corrected chi connectivity index (χ4v) is 3.50. The molecule has 0 aliphatic carbocycles. The van der Waals surface area contributed by atoms with Crippen molar-refractivity contribution in [3.8, 4) is 39.5 Å². The number of carbonyl (C=O) groups excluding carboxylic acids is 1. The van der Waals surface area contributed by atoms with Gasteiger partial charge in [-0.25, -0.2) is 0 Å². The average molecular weight is 413 g/mol. The van der Waals surface area contributed by atoms with Crippen molar-refractivity contribution < 1.29 is 19.0 Å². The highest BCUT2D eigenvalue weighted by molar-refractivity contribution is 5.98. The molecule has 0 aliphatic rings. The first-order chi connectivity index (χ1) is 15.1. The lowest BCUT2D eigenvalue weighted by Crippen LogP contribution is -2.09. The van der Waals surface area contributed by atoms with Crippen molar-refractivity contribution in [2.24, 2.45) is 0 Å². The molecule has 0 saturated carbocycles. The molecule has 0 atom stereocenters. The maximum Gasteiger partial charge on any atom is 0.261 e. The molecule has 0 unspecified atom stereocenters. The summed E-state index contributed by atoms with van der Waals surface area (Å²) in [6.45, 7) is 0. The minimum atomic E-state index is -0.124. The van der Waals surface area contributed by atoms with Crippen LogP contribution in [0.5, 0.6) is 17.2 Å². The zero-order chi connectivity index (χ0) is 21.8. The number of hydrogen-bond donors (Lipinski definition) is 0. The number of nitrogens with zero attached hydrogens (tertiary/aromatic N) is 1. The van der Waals surface area contributed by atoms with Crippen LogP contribution < -0.4 is 14.2 Å². The minimum absolute atomic E-state index is 0.124. The Hall–Kier alpha value is -3.99. The van der Waals surface area contributed by atoms with Gasteiger partial charge >= 0.3 is 0 Å². The average Bonchev–Trinajstić information content (AvgIpc) is 3.29. The summed E-state index contributed by atoms with van der Waals surface area (Å²) >= 11 is 0. The van der Waals surface area contributed by atoms with Crippen LogP contribution in [0.1, 0.15) is 10.4 Å². The lowest BCUT2D eigenvalue weighted by molar-refractivity contribution is 0.0960. The topological polar surface area (TPSA) is 49.7 Å². The molecule has 0 bridgehead atoms. The fraction of sp³-hybridized carbons (Fsp3) is 0.115. The van der Waals surface area contributed by atoms with Crippen LogP contribution >= 0.6 is 0 Å². The second-order valence-corrected chi connectivity index (χ2v) is 6.99. The Balaban J connectivity index is 1.83. The predicted molar refractivity (Wildman–Crippen MR) is 121 cm³/mol. The Morgan fingerprint density at radius 2 is 1.13 bits per heavy atom. The van der Waals surface area contributed by atoms with Crippen molar-refractivity contribution in [2.75, 3.05) is 21.3 Å². The third kappa shape index (κ3) is 4.16. The smallest absolute Gasteiger partial charge is 0.261 e. The molecule has 0 fully saturated rings. The maximum absolute atomic E-state index is 13.2. The van der Waals surface area contributed by atoms with Gasteiger partial charge in [-0.05, 0) is 59.7 Å². The first-order valence-electron chi connectivity index (χ1n) is 9.82.